The lowest BCUT2D eigenvalue weighted by molar-refractivity contribution is 0.156. The van der Waals surface area contributed by atoms with Gasteiger partial charge in [-0.15, -0.1) is 24.0 Å². The van der Waals surface area contributed by atoms with E-state index in [4.69, 9.17) is 14.5 Å². The van der Waals surface area contributed by atoms with E-state index in [-0.39, 0.29) is 24.0 Å². The summed E-state index contributed by atoms with van der Waals surface area (Å²) in [5, 5.41) is 3.41. The van der Waals surface area contributed by atoms with E-state index < -0.39 is 0 Å². The maximum Gasteiger partial charge on any atom is 0.194 e. The van der Waals surface area contributed by atoms with Crippen molar-refractivity contribution < 1.29 is 9.47 Å². The van der Waals surface area contributed by atoms with Crippen LogP contribution in [0.4, 0.5) is 0 Å². The zero-order valence-electron chi connectivity index (χ0n) is 14.4. The second-order valence-corrected chi connectivity index (χ2v) is 6.37. The van der Waals surface area contributed by atoms with E-state index in [0.29, 0.717) is 18.6 Å². The normalized spacial score (nSPS) is 23.4. The lowest BCUT2D eigenvalue weighted by Gasteiger charge is -2.25. The topological polar surface area (TPSA) is 46.1 Å². The molecule has 0 amide bonds. The molecule has 0 aliphatic carbocycles. The second-order valence-electron chi connectivity index (χ2n) is 6.37. The molecule has 24 heavy (non-hydrogen) atoms. The second kappa shape index (κ2) is 9.46. The highest BCUT2D eigenvalue weighted by Gasteiger charge is 2.42. The van der Waals surface area contributed by atoms with Crippen LogP contribution in [0.3, 0.4) is 0 Å². The van der Waals surface area contributed by atoms with Gasteiger partial charge in [0.15, 0.2) is 5.96 Å². The van der Waals surface area contributed by atoms with Crippen LogP contribution in [0.25, 0.3) is 0 Å². The molecule has 2 saturated heterocycles. The van der Waals surface area contributed by atoms with Crippen LogP contribution in [-0.2, 0) is 4.74 Å². The van der Waals surface area contributed by atoms with Crippen LogP contribution < -0.4 is 10.1 Å². The first-order valence-electron chi connectivity index (χ1n) is 8.60. The average Bonchev–Trinajstić information content (AvgIpc) is 3.22. The lowest BCUT2D eigenvalue weighted by Crippen LogP contribution is -2.41. The summed E-state index contributed by atoms with van der Waals surface area (Å²) < 4.78 is 11.3. The molecule has 2 aliphatic heterocycles. The number of rotatable bonds is 5. The molecule has 1 aromatic carbocycles. The van der Waals surface area contributed by atoms with Gasteiger partial charge in [0.25, 0.3) is 0 Å². The quantitative estimate of drug-likeness (QED) is 0.328. The van der Waals surface area contributed by atoms with E-state index in [2.05, 4.69) is 17.1 Å². The molecular formula is C18H28IN3O2. The average molecular weight is 445 g/mol. The molecule has 1 aromatic rings. The number of hydrogen-bond acceptors (Lipinski definition) is 3. The standard InChI is InChI=1S/C18H27N3O2.HI/c1-2-19-17(20-10-13-23-16-6-4-3-5-7-16)21-11-8-18(14-21)9-12-22-15-18;/h3-7H,2,8-15H2,1H3,(H,19,20);1H. The number of guanidine groups is 1. The van der Waals surface area contributed by atoms with Crippen molar-refractivity contribution in [2.75, 3.05) is 46.0 Å². The van der Waals surface area contributed by atoms with Crippen molar-refractivity contribution in [2.45, 2.75) is 19.8 Å². The number of para-hydroxylation sites is 1. The van der Waals surface area contributed by atoms with Crippen molar-refractivity contribution in [1.82, 2.24) is 10.2 Å². The minimum Gasteiger partial charge on any atom is -0.492 e. The minimum atomic E-state index is 0. The van der Waals surface area contributed by atoms with Gasteiger partial charge in [0.05, 0.1) is 13.2 Å². The largest absolute Gasteiger partial charge is 0.492 e. The molecule has 1 N–H and O–H groups in total. The number of hydrogen-bond donors (Lipinski definition) is 1. The summed E-state index contributed by atoms with van der Waals surface area (Å²) in [6.45, 7) is 8.19. The predicted octanol–water partition coefficient (Wildman–Crippen LogP) is 2.76. The van der Waals surface area contributed by atoms with Gasteiger partial charge in [-0.2, -0.15) is 0 Å². The summed E-state index contributed by atoms with van der Waals surface area (Å²) >= 11 is 0. The zero-order valence-corrected chi connectivity index (χ0v) is 16.7. The van der Waals surface area contributed by atoms with Gasteiger partial charge in [-0.05, 0) is 31.9 Å². The first-order valence-corrected chi connectivity index (χ1v) is 8.60. The van der Waals surface area contributed by atoms with Gasteiger partial charge in [-0.1, -0.05) is 18.2 Å². The van der Waals surface area contributed by atoms with Crippen molar-refractivity contribution in [1.29, 1.82) is 0 Å². The maximum atomic E-state index is 5.72. The van der Waals surface area contributed by atoms with Crippen LogP contribution >= 0.6 is 24.0 Å². The number of nitrogens with zero attached hydrogens (tertiary/aromatic N) is 2. The molecule has 1 spiro atoms. The molecule has 0 radical (unpaired) electrons. The Hall–Kier alpha value is -1.02. The van der Waals surface area contributed by atoms with Crippen LogP contribution in [0.15, 0.2) is 35.3 Å². The Morgan fingerprint density at radius 2 is 2.17 bits per heavy atom. The third-order valence-electron chi connectivity index (χ3n) is 4.62. The Kier molecular flexibility index (Phi) is 7.61. The molecule has 0 bridgehead atoms. The van der Waals surface area contributed by atoms with E-state index in [1.54, 1.807) is 0 Å². The fraction of sp³-hybridized carbons (Fsp3) is 0.611. The number of aliphatic imine (C=N–C) groups is 1. The molecule has 2 heterocycles. The van der Waals surface area contributed by atoms with Gasteiger partial charge in [0, 0.05) is 31.7 Å². The fourth-order valence-corrected chi connectivity index (χ4v) is 3.34. The van der Waals surface area contributed by atoms with Crippen LogP contribution in [0.5, 0.6) is 5.75 Å². The van der Waals surface area contributed by atoms with Crippen LogP contribution in [0, 0.1) is 5.41 Å². The molecule has 0 aromatic heterocycles. The number of likely N-dealkylation sites (tertiary alicyclic amines) is 1. The summed E-state index contributed by atoms with van der Waals surface area (Å²) in [6.07, 6.45) is 2.39. The van der Waals surface area contributed by atoms with E-state index in [9.17, 15) is 0 Å². The molecular weight excluding hydrogens is 417 g/mol. The minimum absolute atomic E-state index is 0. The van der Waals surface area contributed by atoms with Gasteiger partial charge in [0.2, 0.25) is 0 Å². The summed E-state index contributed by atoms with van der Waals surface area (Å²) in [5.74, 6) is 1.91. The van der Waals surface area contributed by atoms with Crippen LogP contribution in [0.1, 0.15) is 19.8 Å². The predicted molar refractivity (Wildman–Crippen MR) is 107 cm³/mol. The first-order chi connectivity index (χ1) is 11.3. The number of nitrogens with one attached hydrogen (secondary N) is 1. The highest BCUT2D eigenvalue weighted by atomic mass is 127. The maximum absolute atomic E-state index is 5.72. The third-order valence-corrected chi connectivity index (χ3v) is 4.62. The molecule has 1 unspecified atom stereocenters. The Morgan fingerprint density at radius 1 is 1.33 bits per heavy atom. The van der Waals surface area contributed by atoms with Crippen LogP contribution in [0.2, 0.25) is 0 Å². The van der Waals surface area contributed by atoms with Gasteiger partial charge >= 0.3 is 0 Å². The van der Waals surface area contributed by atoms with Crippen LogP contribution in [-0.4, -0.2) is 56.9 Å². The zero-order chi connectivity index (χ0) is 16.0. The molecule has 0 saturated carbocycles. The Bertz CT molecular complexity index is 518. The lowest BCUT2D eigenvalue weighted by atomic mass is 9.87. The van der Waals surface area contributed by atoms with E-state index >= 15 is 0 Å². The highest BCUT2D eigenvalue weighted by molar-refractivity contribution is 14.0. The summed E-state index contributed by atoms with van der Waals surface area (Å²) in [7, 11) is 0. The van der Waals surface area contributed by atoms with Crippen molar-refractivity contribution in [3.63, 3.8) is 0 Å². The number of benzene rings is 1. The first kappa shape index (κ1) is 19.3. The summed E-state index contributed by atoms with van der Waals surface area (Å²) in [6, 6.07) is 9.90. The summed E-state index contributed by atoms with van der Waals surface area (Å²) in [4.78, 5) is 7.11. The van der Waals surface area contributed by atoms with Crippen molar-refractivity contribution >= 4 is 29.9 Å². The number of ether oxygens (including phenoxy) is 2. The van der Waals surface area contributed by atoms with Crippen molar-refractivity contribution in [3.05, 3.63) is 30.3 Å². The number of halogens is 1. The molecule has 1 atom stereocenters. The van der Waals surface area contributed by atoms with E-state index in [0.717, 1.165) is 44.6 Å². The van der Waals surface area contributed by atoms with Gasteiger partial charge in [-0.3, -0.25) is 0 Å². The van der Waals surface area contributed by atoms with Crippen molar-refractivity contribution in [2.24, 2.45) is 10.4 Å². The Balaban J connectivity index is 0.00000208. The fourth-order valence-electron chi connectivity index (χ4n) is 3.34. The molecule has 6 heteroatoms. The van der Waals surface area contributed by atoms with E-state index in [1.807, 2.05) is 30.3 Å². The Morgan fingerprint density at radius 3 is 2.88 bits per heavy atom. The molecule has 2 fully saturated rings. The monoisotopic (exact) mass is 445 g/mol. The highest BCUT2D eigenvalue weighted by Crippen LogP contribution is 2.38. The molecule has 5 nitrogen and oxygen atoms in total. The smallest absolute Gasteiger partial charge is 0.194 e. The molecule has 3 rings (SSSR count). The SMILES string of the molecule is CCNC(=NCCOc1ccccc1)N1CCC2(CCOC2)C1.I. The van der Waals surface area contributed by atoms with Gasteiger partial charge in [-0.25, -0.2) is 4.99 Å². The van der Waals surface area contributed by atoms with E-state index in [1.165, 1.54) is 12.8 Å². The Labute approximate surface area is 161 Å². The van der Waals surface area contributed by atoms with Gasteiger partial charge < -0.3 is 19.7 Å². The summed E-state index contributed by atoms with van der Waals surface area (Å²) in [5.41, 5.74) is 0.358. The van der Waals surface area contributed by atoms with Gasteiger partial charge in [0.1, 0.15) is 12.4 Å². The third kappa shape index (κ3) is 4.99. The molecule has 134 valence electrons. The van der Waals surface area contributed by atoms with Crippen molar-refractivity contribution in [3.8, 4) is 5.75 Å². The molecule has 2 aliphatic rings.